The minimum absolute atomic E-state index is 0.0298. The minimum atomic E-state index is -0.0298. The van der Waals surface area contributed by atoms with Crippen molar-refractivity contribution in [3.8, 4) is 0 Å². The molecule has 0 saturated carbocycles. The van der Waals surface area contributed by atoms with Gasteiger partial charge < -0.3 is 5.43 Å². The number of hydrogen-bond donors (Lipinski definition) is 1. The van der Waals surface area contributed by atoms with E-state index in [1.165, 1.54) is 11.1 Å². The predicted octanol–water partition coefficient (Wildman–Crippen LogP) is 5.33. The van der Waals surface area contributed by atoms with Crippen LogP contribution in [0.4, 0.5) is 0 Å². The Morgan fingerprint density at radius 1 is 1.04 bits per heavy atom. The van der Waals surface area contributed by atoms with Crippen molar-refractivity contribution in [3.63, 3.8) is 0 Å². The highest BCUT2D eigenvalue weighted by Crippen LogP contribution is 2.33. The Morgan fingerprint density at radius 3 is 2.22 bits per heavy atom. The molecule has 0 saturated heterocycles. The molecule has 0 spiro atoms. The number of benzene rings is 1. The van der Waals surface area contributed by atoms with Crippen LogP contribution in [0.3, 0.4) is 0 Å². The van der Waals surface area contributed by atoms with Crippen LogP contribution >= 0.6 is 0 Å². The van der Waals surface area contributed by atoms with Crippen LogP contribution in [0.1, 0.15) is 53.5 Å². The molecule has 0 heterocycles. The van der Waals surface area contributed by atoms with E-state index in [1.54, 1.807) is 0 Å². The number of rotatable bonds is 4. The zero-order chi connectivity index (χ0) is 17.1. The molecule has 2 nitrogen and oxygen atoms in total. The van der Waals surface area contributed by atoms with Gasteiger partial charge in [0.1, 0.15) is 0 Å². The van der Waals surface area contributed by atoms with Gasteiger partial charge in [0.05, 0.1) is 5.71 Å². The Labute approximate surface area is 141 Å². The average Bonchev–Trinajstić information content (AvgIpc) is 2.92. The van der Waals surface area contributed by atoms with E-state index in [0.717, 1.165) is 12.1 Å². The predicted molar refractivity (Wildman–Crippen MR) is 101 cm³/mol. The van der Waals surface area contributed by atoms with E-state index in [2.05, 4.69) is 89.5 Å². The zero-order valence-electron chi connectivity index (χ0n) is 15.4. The maximum atomic E-state index is 4.72. The molecule has 1 atom stereocenters. The fourth-order valence-electron chi connectivity index (χ4n) is 2.51. The fourth-order valence-corrected chi connectivity index (χ4v) is 2.51. The van der Waals surface area contributed by atoms with E-state index >= 15 is 0 Å². The fraction of sp³-hybridized carbons (Fsp3) is 0.476. The van der Waals surface area contributed by atoms with Gasteiger partial charge in [-0.3, -0.25) is 0 Å². The van der Waals surface area contributed by atoms with Crippen molar-refractivity contribution >= 4 is 5.71 Å². The molecule has 1 aliphatic carbocycles. The second kappa shape index (κ2) is 6.74. The molecule has 23 heavy (non-hydrogen) atoms. The number of hydrogen-bond acceptors (Lipinski definition) is 2. The summed E-state index contributed by atoms with van der Waals surface area (Å²) in [6, 6.07) is 10.5. The van der Waals surface area contributed by atoms with Crippen molar-refractivity contribution in [3.05, 3.63) is 59.7 Å². The first-order valence-electron chi connectivity index (χ1n) is 8.45. The van der Waals surface area contributed by atoms with Gasteiger partial charge in [0.2, 0.25) is 0 Å². The van der Waals surface area contributed by atoms with Gasteiger partial charge in [-0.15, -0.1) is 0 Å². The van der Waals surface area contributed by atoms with E-state index in [0.29, 0.717) is 5.92 Å². The molecule has 1 aliphatic rings. The molecule has 0 aliphatic heterocycles. The largest absolute Gasteiger partial charge is 0.305 e. The Balaban J connectivity index is 2.20. The number of allylic oxidation sites excluding steroid dienone is 4. The summed E-state index contributed by atoms with van der Waals surface area (Å²) in [5.41, 5.74) is 7.17. The maximum Gasteiger partial charge on any atom is 0.0684 e. The van der Waals surface area contributed by atoms with Crippen molar-refractivity contribution < 1.29 is 0 Å². The van der Waals surface area contributed by atoms with Crippen molar-refractivity contribution in [1.29, 1.82) is 0 Å². The van der Waals surface area contributed by atoms with E-state index in [9.17, 15) is 0 Å². The van der Waals surface area contributed by atoms with Gasteiger partial charge in [-0.2, -0.15) is 5.10 Å². The molecule has 0 amide bonds. The van der Waals surface area contributed by atoms with E-state index < -0.39 is 0 Å². The highest BCUT2D eigenvalue weighted by atomic mass is 15.3. The lowest BCUT2D eigenvalue weighted by Crippen LogP contribution is -2.32. The molecular weight excluding hydrogens is 280 g/mol. The summed E-state index contributed by atoms with van der Waals surface area (Å²) in [6.07, 6.45) is 7.87. The van der Waals surface area contributed by atoms with Gasteiger partial charge in [-0.1, -0.05) is 69.3 Å². The normalized spacial score (nSPS) is 19.0. The molecule has 1 aromatic rings. The zero-order valence-corrected chi connectivity index (χ0v) is 15.4. The average molecular weight is 310 g/mol. The number of nitrogens with one attached hydrogen (secondary N) is 1. The van der Waals surface area contributed by atoms with Crippen LogP contribution in [-0.2, 0) is 0 Å². The highest BCUT2D eigenvalue weighted by molar-refractivity contribution is 6.00. The molecule has 1 aromatic carbocycles. The van der Waals surface area contributed by atoms with Gasteiger partial charge in [0, 0.05) is 17.9 Å². The Bertz CT molecular complexity index is 607. The van der Waals surface area contributed by atoms with Crippen LogP contribution < -0.4 is 5.43 Å². The van der Waals surface area contributed by atoms with Crippen LogP contribution in [0.2, 0.25) is 0 Å². The molecule has 1 N–H and O–H groups in total. The van der Waals surface area contributed by atoms with E-state index in [1.807, 2.05) is 6.07 Å². The summed E-state index contributed by atoms with van der Waals surface area (Å²) < 4.78 is 0. The summed E-state index contributed by atoms with van der Waals surface area (Å²) >= 11 is 0. The Hall–Kier alpha value is -1.83. The van der Waals surface area contributed by atoms with Crippen LogP contribution in [-0.4, -0.2) is 11.3 Å². The highest BCUT2D eigenvalue weighted by Gasteiger charge is 2.21. The van der Waals surface area contributed by atoms with Gasteiger partial charge in [-0.25, -0.2) is 0 Å². The molecule has 2 heteroatoms. The van der Waals surface area contributed by atoms with Gasteiger partial charge >= 0.3 is 0 Å². The first kappa shape index (κ1) is 17.5. The van der Waals surface area contributed by atoms with E-state index in [4.69, 9.17) is 5.10 Å². The summed E-state index contributed by atoms with van der Waals surface area (Å²) in [5.74, 6) is 0.421. The lowest BCUT2D eigenvalue weighted by atomic mass is 9.87. The third-order valence-corrected chi connectivity index (χ3v) is 3.84. The summed E-state index contributed by atoms with van der Waals surface area (Å²) in [6.45, 7) is 13.2. The second-order valence-corrected chi connectivity index (χ2v) is 8.39. The lowest BCUT2D eigenvalue weighted by molar-refractivity contribution is 0.440. The van der Waals surface area contributed by atoms with Crippen LogP contribution in [0.25, 0.3) is 0 Å². The first-order valence-corrected chi connectivity index (χ1v) is 8.45. The van der Waals surface area contributed by atoms with E-state index in [-0.39, 0.29) is 11.0 Å². The topological polar surface area (TPSA) is 24.4 Å². The molecule has 124 valence electrons. The summed E-state index contributed by atoms with van der Waals surface area (Å²) in [5, 5.41) is 4.72. The molecule has 2 rings (SSSR count). The van der Waals surface area contributed by atoms with Crippen molar-refractivity contribution in [1.82, 2.24) is 5.43 Å². The Kier molecular flexibility index (Phi) is 5.13. The monoisotopic (exact) mass is 310 g/mol. The van der Waals surface area contributed by atoms with Gasteiger partial charge in [0.15, 0.2) is 0 Å². The first-order chi connectivity index (χ1) is 10.6. The summed E-state index contributed by atoms with van der Waals surface area (Å²) in [7, 11) is 0. The third-order valence-electron chi connectivity index (χ3n) is 3.84. The van der Waals surface area contributed by atoms with Crippen molar-refractivity contribution in [2.45, 2.75) is 53.5 Å². The smallest absolute Gasteiger partial charge is 0.0684 e. The Morgan fingerprint density at radius 2 is 1.70 bits per heavy atom. The van der Waals surface area contributed by atoms with Gasteiger partial charge in [-0.05, 0) is 37.3 Å². The molecule has 0 radical (unpaired) electrons. The SMILES string of the molecule is CC(C)(C)NN=C(CC1C=CC(C(C)(C)C)=C1)c1ccccc1. The van der Waals surface area contributed by atoms with Crippen molar-refractivity contribution in [2.75, 3.05) is 0 Å². The number of hydrazone groups is 1. The van der Waals surface area contributed by atoms with Crippen LogP contribution in [0.5, 0.6) is 0 Å². The summed E-state index contributed by atoms with van der Waals surface area (Å²) in [4.78, 5) is 0. The third kappa shape index (κ3) is 5.38. The standard InChI is InChI=1S/C21H30N2/c1-20(2,3)18-13-12-16(14-18)15-19(22-23-21(4,5)6)17-10-8-7-9-11-17/h7-14,16,23H,15H2,1-6H3. The van der Waals surface area contributed by atoms with Crippen LogP contribution in [0.15, 0.2) is 59.2 Å². The minimum Gasteiger partial charge on any atom is -0.305 e. The van der Waals surface area contributed by atoms with Crippen molar-refractivity contribution in [2.24, 2.45) is 16.4 Å². The molecule has 0 bridgehead atoms. The molecular formula is C21H30N2. The maximum absolute atomic E-state index is 4.72. The van der Waals surface area contributed by atoms with Gasteiger partial charge in [0.25, 0.3) is 0 Å². The molecule has 0 fully saturated rings. The molecule has 1 unspecified atom stereocenters. The second-order valence-electron chi connectivity index (χ2n) is 8.39. The molecule has 0 aromatic heterocycles. The quantitative estimate of drug-likeness (QED) is 0.590. The lowest BCUT2D eigenvalue weighted by Gasteiger charge is -2.20. The van der Waals surface area contributed by atoms with Crippen LogP contribution in [0, 0.1) is 11.3 Å². The number of nitrogens with zero attached hydrogens (tertiary/aromatic N) is 1.